The summed E-state index contributed by atoms with van der Waals surface area (Å²) in [6, 6.07) is 39.5. The molecule has 4 aromatic carbocycles. The molecule has 1 aliphatic carbocycles. The minimum absolute atomic E-state index is 0.0936. The summed E-state index contributed by atoms with van der Waals surface area (Å²) in [6.45, 7) is 16.1. The Kier molecular flexibility index (Phi) is 11.2. The smallest absolute Gasteiger partial charge is 0.159 e. The van der Waals surface area contributed by atoms with Gasteiger partial charge in [0.2, 0.25) is 0 Å². The van der Waals surface area contributed by atoms with Gasteiger partial charge in [-0.1, -0.05) is 134 Å². The Bertz CT molecular complexity index is 2330. The number of amidine groups is 1. The van der Waals surface area contributed by atoms with E-state index < -0.39 is 0 Å². The number of nitrogens with zero attached hydrogens (tertiary/aromatic N) is 5. The highest BCUT2D eigenvalue weighted by atomic mass is 14.9. The molecule has 3 atom stereocenters. The lowest BCUT2D eigenvalue weighted by atomic mass is 9.88. The number of pyridine rings is 1. The van der Waals surface area contributed by atoms with E-state index in [0.717, 1.165) is 69.9 Å². The van der Waals surface area contributed by atoms with E-state index in [9.17, 15) is 0 Å². The molecule has 5 aromatic rings. The zero-order valence-electron chi connectivity index (χ0n) is 30.4. The minimum Gasteiger partial charge on any atom is -0.290 e. The van der Waals surface area contributed by atoms with Gasteiger partial charge < -0.3 is 0 Å². The molecule has 1 aromatic heterocycles. The highest BCUT2D eigenvalue weighted by molar-refractivity contribution is 6.09. The lowest BCUT2D eigenvalue weighted by molar-refractivity contribution is 0.602. The van der Waals surface area contributed by atoms with Crippen LogP contribution in [0.3, 0.4) is 0 Å². The van der Waals surface area contributed by atoms with Gasteiger partial charge in [-0.15, -0.1) is 13.2 Å². The van der Waals surface area contributed by atoms with E-state index in [2.05, 4.69) is 129 Å². The first kappa shape index (κ1) is 35.8. The van der Waals surface area contributed by atoms with Crippen LogP contribution in [-0.4, -0.2) is 29.5 Å². The molecular weight excluding hydrogens is 659 g/mol. The second-order valence-corrected chi connectivity index (χ2v) is 13.4. The van der Waals surface area contributed by atoms with Crippen molar-refractivity contribution >= 4 is 36.2 Å². The van der Waals surface area contributed by atoms with Crippen molar-refractivity contribution in [1.82, 2.24) is 4.98 Å². The highest BCUT2D eigenvalue weighted by Gasteiger charge is 2.25. The molecule has 3 unspecified atom stereocenters. The molecule has 2 heterocycles. The fourth-order valence-corrected chi connectivity index (χ4v) is 6.93. The Morgan fingerprint density at radius 1 is 0.833 bits per heavy atom. The zero-order valence-corrected chi connectivity index (χ0v) is 30.4. The van der Waals surface area contributed by atoms with E-state index >= 15 is 0 Å². The lowest BCUT2D eigenvalue weighted by Gasteiger charge is -2.23. The summed E-state index contributed by atoms with van der Waals surface area (Å²) in [5.41, 5.74) is 12.1. The van der Waals surface area contributed by atoms with Gasteiger partial charge in [0.1, 0.15) is 6.04 Å². The number of aryl methyl sites for hydroxylation is 1. The van der Waals surface area contributed by atoms with E-state index in [1.807, 2.05) is 54.6 Å². The largest absolute Gasteiger partial charge is 0.290 e. The summed E-state index contributed by atoms with van der Waals surface area (Å²) in [5.74, 6) is 0.940. The van der Waals surface area contributed by atoms with E-state index in [-0.39, 0.29) is 17.9 Å². The molecule has 0 fully saturated rings. The molecule has 0 saturated heterocycles. The van der Waals surface area contributed by atoms with Crippen molar-refractivity contribution in [3.8, 4) is 22.4 Å². The third kappa shape index (κ3) is 8.06. The van der Waals surface area contributed by atoms with Crippen molar-refractivity contribution in [2.75, 3.05) is 0 Å². The average Bonchev–Trinajstić information content (AvgIpc) is 3.24. The molecule has 2 aliphatic rings. The molecule has 7 rings (SSSR count). The number of allylic oxidation sites excluding steroid dienone is 4. The summed E-state index contributed by atoms with van der Waals surface area (Å²) in [5, 5.41) is 0. The molecule has 264 valence electrons. The molecule has 0 spiro atoms. The molecule has 0 saturated carbocycles. The van der Waals surface area contributed by atoms with Crippen molar-refractivity contribution < 1.29 is 0 Å². The van der Waals surface area contributed by atoms with E-state index in [1.54, 1.807) is 6.21 Å². The molecule has 54 heavy (non-hydrogen) atoms. The quantitative estimate of drug-likeness (QED) is 0.0725. The maximum Gasteiger partial charge on any atom is 0.159 e. The van der Waals surface area contributed by atoms with Crippen LogP contribution in [-0.2, 0) is 6.42 Å². The van der Waals surface area contributed by atoms with Crippen LogP contribution in [0.4, 0.5) is 5.69 Å². The third-order valence-electron chi connectivity index (χ3n) is 9.98. The van der Waals surface area contributed by atoms with Crippen LogP contribution >= 0.6 is 0 Å². The number of aromatic nitrogens is 1. The molecule has 0 bridgehead atoms. The maximum atomic E-state index is 5.01. The van der Waals surface area contributed by atoms with Gasteiger partial charge in [0.25, 0.3) is 0 Å². The number of benzene rings is 4. The predicted octanol–water partition coefficient (Wildman–Crippen LogP) is 12.0. The zero-order chi connectivity index (χ0) is 37.3. The first-order chi connectivity index (χ1) is 26.5. The lowest BCUT2D eigenvalue weighted by Crippen LogP contribution is -2.13. The summed E-state index contributed by atoms with van der Waals surface area (Å²) in [6.07, 6.45) is 16.4. The van der Waals surface area contributed by atoms with Gasteiger partial charge in [-0.05, 0) is 78.1 Å². The third-order valence-corrected chi connectivity index (χ3v) is 9.98. The monoisotopic (exact) mass is 701 g/mol. The van der Waals surface area contributed by atoms with Crippen molar-refractivity contribution in [3.63, 3.8) is 0 Å². The summed E-state index contributed by atoms with van der Waals surface area (Å²) in [7, 11) is 0. The Labute approximate surface area is 318 Å². The van der Waals surface area contributed by atoms with E-state index in [4.69, 9.17) is 20.0 Å². The number of hydrogen-bond acceptors (Lipinski definition) is 4. The second-order valence-electron chi connectivity index (χ2n) is 13.4. The van der Waals surface area contributed by atoms with E-state index in [0.29, 0.717) is 11.5 Å². The first-order valence-corrected chi connectivity index (χ1v) is 18.3. The molecule has 5 heteroatoms. The first-order valence-electron chi connectivity index (χ1n) is 18.3. The predicted molar refractivity (Wildman–Crippen MR) is 229 cm³/mol. The van der Waals surface area contributed by atoms with Gasteiger partial charge in [-0.3, -0.25) is 9.98 Å². The van der Waals surface area contributed by atoms with Gasteiger partial charge in [0.15, 0.2) is 5.84 Å². The Morgan fingerprint density at radius 2 is 1.57 bits per heavy atom. The van der Waals surface area contributed by atoms with Crippen LogP contribution in [0.2, 0.25) is 0 Å². The van der Waals surface area contributed by atoms with Gasteiger partial charge in [-0.25, -0.2) is 15.0 Å². The van der Waals surface area contributed by atoms with Gasteiger partial charge in [0.05, 0.1) is 28.5 Å². The SMILES string of the molecule is C=CC(C/C=C/C=NC(=NC(=C)C1=Nc2ccc(-c3ccc(-c4ccc5c(n4)C(N=C)C(C=C)C=C5)cc3)cc2CC1)c1ccccc1)c1ccccc1. The van der Waals surface area contributed by atoms with E-state index in [1.165, 1.54) is 11.1 Å². The van der Waals surface area contributed by atoms with Crippen molar-refractivity contribution in [3.05, 3.63) is 199 Å². The highest BCUT2D eigenvalue weighted by Crippen LogP contribution is 2.37. The standard InChI is InChI=1S/C49H43N5/c1-5-35(37-16-9-7-10-17-37)15-13-14-32-51-49(41-18-11-8-12-19-41)52-34(3)44-29-28-43-33-42(27-31-46(43)53-44)38-21-23-39(24-22-38)45-30-26-40-25-20-36(6-2)47(50-4)48(40)54-45/h5-14,16-27,30-33,35-36,47H,1-4,15,28-29H2/b14-13+,51-32?,52-49?. The van der Waals surface area contributed by atoms with Gasteiger partial charge >= 0.3 is 0 Å². The summed E-state index contributed by atoms with van der Waals surface area (Å²) < 4.78 is 0. The van der Waals surface area contributed by atoms with Crippen LogP contribution in [0, 0.1) is 5.92 Å². The van der Waals surface area contributed by atoms with Crippen molar-refractivity contribution in [2.45, 2.75) is 31.2 Å². The average molecular weight is 702 g/mol. The number of fused-ring (bicyclic) bond motifs is 2. The topological polar surface area (TPSA) is 62.3 Å². The van der Waals surface area contributed by atoms with Gasteiger partial charge in [0, 0.05) is 29.2 Å². The summed E-state index contributed by atoms with van der Waals surface area (Å²) >= 11 is 0. The Balaban J connectivity index is 1.06. The van der Waals surface area contributed by atoms with Crippen LogP contribution in [0.1, 0.15) is 52.7 Å². The number of aliphatic imine (C=N–C) groups is 4. The molecule has 0 amide bonds. The Hall–Kier alpha value is -6.59. The Morgan fingerprint density at radius 3 is 2.31 bits per heavy atom. The fraction of sp³-hybridized carbons (Fsp3) is 0.122. The molecule has 1 aliphatic heterocycles. The van der Waals surface area contributed by atoms with Gasteiger partial charge in [-0.2, -0.15) is 0 Å². The molecule has 0 radical (unpaired) electrons. The minimum atomic E-state index is -0.127. The van der Waals surface area contributed by atoms with Crippen molar-refractivity contribution in [2.24, 2.45) is 25.9 Å². The normalized spacial score (nSPS) is 17.0. The fourth-order valence-electron chi connectivity index (χ4n) is 6.93. The number of rotatable bonds is 12. The van der Waals surface area contributed by atoms with Crippen LogP contribution < -0.4 is 0 Å². The van der Waals surface area contributed by atoms with Crippen LogP contribution in [0.5, 0.6) is 0 Å². The van der Waals surface area contributed by atoms with Crippen LogP contribution in [0.15, 0.2) is 191 Å². The van der Waals surface area contributed by atoms with Crippen LogP contribution in [0.25, 0.3) is 28.5 Å². The summed E-state index contributed by atoms with van der Waals surface area (Å²) in [4.78, 5) is 24.0. The second kappa shape index (κ2) is 16.8. The van der Waals surface area contributed by atoms with Crippen molar-refractivity contribution in [1.29, 1.82) is 0 Å². The molecular formula is C49H43N5. The molecule has 0 N–H and O–H groups in total. The molecule has 5 nitrogen and oxygen atoms in total. The maximum absolute atomic E-state index is 5.01. The number of hydrogen-bond donors (Lipinski definition) is 0.